The van der Waals surface area contributed by atoms with Crippen LogP contribution < -0.4 is 10.7 Å². The summed E-state index contributed by atoms with van der Waals surface area (Å²) in [6.07, 6.45) is 0. The van der Waals surface area contributed by atoms with Gasteiger partial charge >= 0.3 is 0 Å². The van der Waals surface area contributed by atoms with Crippen LogP contribution in [0.1, 0.15) is 6.92 Å². The standard InChI is InChI=1S/C21H14N4O6.H2O/c1-12(26)22-13-2-4-14(5-3-13)23-19-10-15(24(28)29)6-8-17(19)21(27)18-9-7-16(25(30)31)11-20(18)23;/h2-11H,1H3,(H,22,26);1H2. The van der Waals surface area contributed by atoms with Crippen LogP contribution in [0.25, 0.3) is 27.5 Å². The van der Waals surface area contributed by atoms with E-state index in [1.807, 2.05) is 0 Å². The maximum absolute atomic E-state index is 13.0. The maximum Gasteiger partial charge on any atom is 0.271 e. The van der Waals surface area contributed by atoms with Crippen LogP contribution in [0.2, 0.25) is 0 Å². The fraction of sp³-hybridized carbons (Fsp3) is 0.0476. The highest BCUT2D eigenvalue weighted by Gasteiger charge is 2.18. The van der Waals surface area contributed by atoms with E-state index in [2.05, 4.69) is 5.32 Å². The Bertz CT molecular complexity index is 1380. The minimum atomic E-state index is -0.578. The molecule has 3 N–H and O–H groups in total. The van der Waals surface area contributed by atoms with Crippen molar-refractivity contribution in [3.63, 3.8) is 0 Å². The molecular weight excluding hydrogens is 420 g/mol. The summed E-state index contributed by atoms with van der Waals surface area (Å²) in [5, 5.41) is 25.7. The van der Waals surface area contributed by atoms with E-state index in [4.69, 9.17) is 0 Å². The Balaban J connectivity index is 0.00000289. The van der Waals surface area contributed by atoms with Gasteiger partial charge in [0, 0.05) is 53.3 Å². The van der Waals surface area contributed by atoms with Crippen LogP contribution in [-0.2, 0) is 4.79 Å². The highest BCUT2D eigenvalue weighted by molar-refractivity contribution is 5.97. The summed E-state index contributed by atoms with van der Waals surface area (Å²) in [5.74, 6) is -0.252. The minimum absolute atomic E-state index is 0. The van der Waals surface area contributed by atoms with Gasteiger partial charge in [-0.05, 0) is 36.4 Å². The molecule has 32 heavy (non-hydrogen) atoms. The number of nitrogens with one attached hydrogen (secondary N) is 1. The molecule has 0 atom stereocenters. The number of rotatable bonds is 4. The van der Waals surface area contributed by atoms with Gasteiger partial charge < -0.3 is 15.4 Å². The fourth-order valence-corrected chi connectivity index (χ4v) is 3.47. The van der Waals surface area contributed by atoms with E-state index in [-0.39, 0.29) is 50.0 Å². The first-order valence-corrected chi connectivity index (χ1v) is 9.05. The second-order valence-electron chi connectivity index (χ2n) is 6.81. The lowest BCUT2D eigenvalue weighted by molar-refractivity contribution is -0.384. The zero-order valence-corrected chi connectivity index (χ0v) is 16.6. The Morgan fingerprint density at radius 3 is 1.72 bits per heavy atom. The van der Waals surface area contributed by atoms with Crippen molar-refractivity contribution >= 4 is 44.8 Å². The van der Waals surface area contributed by atoms with Gasteiger partial charge in [-0.15, -0.1) is 0 Å². The zero-order valence-electron chi connectivity index (χ0n) is 16.6. The van der Waals surface area contributed by atoms with E-state index in [0.717, 1.165) is 0 Å². The van der Waals surface area contributed by atoms with Crippen LogP contribution in [0.3, 0.4) is 0 Å². The van der Waals surface area contributed by atoms with Crippen molar-refractivity contribution in [2.45, 2.75) is 6.92 Å². The largest absolute Gasteiger partial charge is 0.412 e. The molecule has 3 aromatic carbocycles. The number of aromatic nitrogens is 1. The molecule has 0 aliphatic rings. The molecule has 1 heterocycles. The van der Waals surface area contributed by atoms with E-state index < -0.39 is 9.85 Å². The van der Waals surface area contributed by atoms with Crippen molar-refractivity contribution in [1.29, 1.82) is 0 Å². The summed E-state index contributed by atoms with van der Waals surface area (Å²) in [6, 6.07) is 14.3. The van der Waals surface area contributed by atoms with E-state index in [9.17, 15) is 29.8 Å². The summed E-state index contributed by atoms with van der Waals surface area (Å²) in [4.78, 5) is 45.8. The van der Waals surface area contributed by atoms with Gasteiger partial charge in [0.2, 0.25) is 5.91 Å². The van der Waals surface area contributed by atoms with Crippen LogP contribution in [0.15, 0.2) is 65.5 Å². The number of anilines is 1. The molecule has 0 unspecified atom stereocenters. The molecule has 0 bridgehead atoms. The van der Waals surface area contributed by atoms with Crippen LogP contribution >= 0.6 is 0 Å². The van der Waals surface area contributed by atoms with Gasteiger partial charge in [-0.2, -0.15) is 0 Å². The monoisotopic (exact) mass is 436 g/mol. The summed E-state index contributed by atoms with van der Waals surface area (Å²) >= 11 is 0. The molecule has 0 aliphatic heterocycles. The van der Waals surface area contributed by atoms with Crippen LogP contribution in [0.5, 0.6) is 0 Å². The number of carbonyl (C=O) groups excluding carboxylic acids is 1. The molecule has 11 heteroatoms. The summed E-state index contributed by atoms with van der Waals surface area (Å²) < 4.78 is 1.56. The van der Waals surface area contributed by atoms with Crippen LogP contribution in [-0.4, -0.2) is 25.8 Å². The van der Waals surface area contributed by atoms with Gasteiger partial charge in [-0.25, -0.2) is 0 Å². The van der Waals surface area contributed by atoms with Crippen LogP contribution in [0, 0.1) is 20.2 Å². The van der Waals surface area contributed by atoms with E-state index in [0.29, 0.717) is 11.4 Å². The van der Waals surface area contributed by atoms with E-state index >= 15 is 0 Å². The summed E-state index contributed by atoms with van der Waals surface area (Å²) in [6.45, 7) is 1.37. The number of non-ortho nitro benzene ring substituents is 2. The van der Waals surface area contributed by atoms with Crippen molar-refractivity contribution in [3.8, 4) is 5.69 Å². The summed E-state index contributed by atoms with van der Waals surface area (Å²) in [5.41, 5.74) is 0.674. The van der Waals surface area contributed by atoms with Crippen molar-refractivity contribution < 1.29 is 20.1 Å². The second-order valence-corrected chi connectivity index (χ2v) is 6.81. The first kappa shape index (κ1) is 22.1. The molecule has 11 nitrogen and oxygen atoms in total. The molecule has 0 radical (unpaired) electrons. The first-order chi connectivity index (χ1) is 14.8. The van der Waals surface area contributed by atoms with Crippen molar-refractivity contribution in [1.82, 2.24) is 4.57 Å². The molecule has 162 valence electrons. The van der Waals surface area contributed by atoms with E-state index in [1.54, 1.807) is 28.8 Å². The highest BCUT2D eigenvalue weighted by atomic mass is 16.6. The second kappa shape index (κ2) is 8.24. The number of hydrogen-bond acceptors (Lipinski definition) is 6. The van der Waals surface area contributed by atoms with Crippen LogP contribution in [0.4, 0.5) is 17.1 Å². The molecule has 0 aliphatic carbocycles. The smallest absolute Gasteiger partial charge is 0.271 e. The van der Waals surface area contributed by atoms with Gasteiger partial charge in [0.1, 0.15) is 0 Å². The quantitative estimate of drug-likeness (QED) is 0.293. The number of nitrogens with zero attached hydrogens (tertiary/aromatic N) is 3. The molecule has 0 saturated heterocycles. The van der Waals surface area contributed by atoms with E-state index in [1.165, 1.54) is 43.3 Å². The number of pyridine rings is 1. The average molecular weight is 436 g/mol. The molecular formula is C21H16N4O7. The lowest BCUT2D eigenvalue weighted by atomic mass is 10.1. The number of nitro groups is 2. The number of hydrogen-bond donors (Lipinski definition) is 1. The number of nitro benzene ring substituents is 2. The van der Waals surface area contributed by atoms with Gasteiger partial charge in [0.25, 0.3) is 11.4 Å². The predicted molar refractivity (Wildman–Crippen MR) is 118 cm³/mol. The van der Waals surface area contributed by atoms with Gasteiger partial charge in [-0.3, -0.25) is 29.8 Å². The molecule has 0 spiro atoms. The Labute approximate surface area is 179 Å². The third-order valence-corrected chi connectivity index (χ3v) is 4.80. The number of benzene rings is 3. The number of amides is 1. The fourth-order valence-electron chi connectivity index (χ4n) is 3.47. The normalized spacial score (nSPS) is 10.5. The number of carbonyl (C=O) groups is 1. The van der Waals surface area contributed by atoms with Gasteiger partial charge in [-0.1, -0.05) is 0 Å². The third kappa shape index (κ3) is 3.75. The Hall–Kier alpha value is -4.64. The molecule has 1 aromatic heterocycles. The molecule has 0 saturated carbocycles. The maximum atomic E-state index is 13.0. The Morgan fingerprint density at radius 2 is 1.31 bits per heavy atom. The lowest BCUT2D eigenvalue weighted by Crippen LogP contribution is -2.11. The SMILES string of the molecule is CC(=O)Nc1ccc(-n2c3cc([N+](=O)[O-])ccc3c(=O)c3ccc([N+](=O)[O-])cc32)cc1.O. The minimum Gasteiger partial charge on any atom is -0.412 e. The molecule has 4 aromatic rings. The highest BCUT2D eigenvalue weighted by Crippen LogP contribution is 2.29. The zero-order chi connectivity index (χ0) is 22.3. The van der Waals surface area contributed by atoms with Crippen molar-refractivity contribution in [2.75, 3.05) is 5.32 Å². The Kier molecular flexibility index (Phi) is 5.68. The predicted octanol–water partition coefficient (Wildman–Crippen LogP) is 3.09. The Morgan fingerprint density at radius 1 is 0.844 bits per heavy atom. The molecule has 4 rings (SSSR count). The van der Waals surface area contributed by atoms with Gasteiger partial charge in [0.15, 0.2) is 5.43 Å². The van der Waals surface area contributed by atoms with Crippen molar-refractivity contribution in [3.05, 3.63) is 91.1 Å². The first-order valence-electron chi connectivity index (χ1n) is 9.05. The molecule has 1 amide bonds. The topological polar surface area (TPSA) is 169 Å². The average Bonchev–Trinajstić information content (AvgIpc) is 2.73. The summed E-state index contributed by atoms with van der Waals surface area (Å²) in [7, 11) is 0. The van der Waals surface area contributed by atoms with Gasteiger partial charge in [0.05, 0.1) is 20.9 Å². The molecule has 0 fully saturated rings. The third-order valence-electron chi connectivity index (χ3n) is 4.80. The number of fused-ring (bicyclic) bond motifs is 2. The lowest BCUT2D eigenvalue weighted by Gasteiger charge is -2.16. The van der Waals surface area contributed by atoms with Crippen molar-refractivity contribution in [2.24, 2.45) is 0 Å².